The zero-order valence-electron chi connectivity index (χ0n) is 11.5. The molecular weight excluding hydrogens is 248 g/mol. The quantitative estimate of drug-likeness (QED) is 0.736. The largest absolute Gasteiger partial charge is 0.480 e. The van der Waals surface area contributed by atoms with Gasteiger partial charge in [-0.15, -0.1) is 0 Å². The molecule has 4 atom stereocenters. The Labute approximate surface area is 113 Å². The molecule has 2 amide bonds. The monoisotopic (exact) mass is 270 g/mol. The number of likely N-dealkylation sites (tertiary alicyclic amines) is 2. The number of β-amino-alcohol motifs (C(OH)–C–C–N with tert-alkyl or cyclic N) is 1. The summed E-state index contributed by atoms with van der Waals surface area (Å²) < 4.78 is 0. The van der Waals surface area contributed by atoms with Gasteiger partial charge in [0.15, 0.2) is 0 Å². The van der Waals surface area contributed by atoms with Gasteiger partial charge in [-0.3, -0.25) is 0 Å². The molecule has 6 heteroatoms. The van der Waals surface area contributed by atoms with Gasteiger partial charge in [-0.1, -0.05) is 6.92 Å². The molecule has 2 fully saturated rings. The minimum atomic E-state index is -1.04. The molecule has 0 aliphatic carbocycles. The molecule has 0 radical (unpaired) electrons. The van der Waals surface area contributed by atoms with Crippen molar-refractivity contribution in [1.29, 1.82) is 0 Å². The van der Waals surface area contributed by atoms with E-state index >= 15 is 0 Å². The van der Waals surface area contributed by atoms with Crippen molar-refractivity contribution in [2.75, 3.05) is 13.1 Å². The summed E-state index contributed by atoms with van der Waals surface area (Å²) in [7, 11) is 0. The fourth-order valence-electron chi connectivity index (χ4n) is 2.98. The SMILES string of the molecule is CC1CCC(C)N(C(=O)N2CC(O)C[C@H]2C(=O)O)C1. The third-order valence-electron chi connectivity index (χ3n) is 4.17. The Balaban J connectivity index is 2.11. The molecule has 2 aliphatic heterocycles. The average molecular weight is 270 g/mol. The number of carboxylic acids is 1. The van der Waals surface area contributed by atoms with Crippen molar-refractivity contribution in [3.63, 3.8) is 0 Å². The molecule has 0 bridgehead atoms. The standard InChI is InChI=1S/C13H22N2O4/c1-8-3-4-9(2)14(6-8)13(19)15-7-10(16)5-11(15)12(17)18/h8-11,16H,3-7H2,1-2H3,(H,17,18)/t8?,9?,10?,11-/m0/s1. The summed E-state index contributed by atoms with van der Waals surface area (Å²) in [5.41, 5.74) is 0. The minimum absolute atomic E-state index is 0.118. The van der Waals surface area contributed by atoms with Crippen LogP contribution in [0.25, 0.3) is 0 Å². The highest BCUT2D eigenvalue weighted by molar-refractivity contribution is 5.83. The molecule has 2 saturated heterocycles. The summed E-state index contributed by atoms with van der Waals surface area (Å²) >= 11 is 0. The lowest BCUT2D eigenvalue weighted by Crippen LogP contribution is -2.53. The van der Waals surface area contributed by atoms with Gasteiger partial charge < -0.3 is 20.0 Å². The maximum absolute atomic E-state index is 12.5. The molecule has 0 aromatic carbocycles. The van der Waals surface area contributed by atoms with E-state index in [9.17, 15) is 14.7 Å². The Morgan fingerprint density at radius 1 is 1.11 bits per heavy atom. The predicted octanol–water partition coefficient (Wildman–Crippen LogP) is 0.747. The Bertz CT molecular complexity index is 374. The summed E-state index contributed by atoms with van der Waals surface area (Å²) in [4.78, 5) is 26.7. The molecule has 0 aromatic heterocycles. The number of carbonyl (C=O) groups excluding carboxylic acids is 1. The van der Waals surface area contributed by atoms with Gasteiger partial charge in [-0.05, 0) is 25.7 Å². The number of carbonyl (C=O) groups is 2. The van der Waals surface area contributed by atoms with Gasteiger partial charge in [-0.25, -0.2) is 9.59 Å². The van der Waals surface area contributed by atoms with Gasteiger partial charge in [0.25, 0.3) is 0 Å². The van der Waals surface area contributed by atoms with Gasteiger partial charge in [0.05, 0.1) is 6.10 Å². The van der Waals surface area contributed by atoms with Crippen LogP contribution < -0.4 is 0 Å². The third-order valence-corrected chi connectivity index (χ3v) is 4.17. The summed E-state index contributed by atoms with van der Waals surface area (Å²) in [6, 6.07) is -1.01. The zero-order chi connectivity index (χ0) is 14.2. The second-order valence-corrected chi connectivity index (χ2v) is 5.86. The number of urea groups is 1. The number of aliphatic carboxylic acids is 1. The minimum Gasteiger partial charge on any atom is -0.480 e. The van der Waals surface area contributed by atoms with Crippen molar-refractivity contribution >= 4 is 12.0 Å². The maximum Gasteiger partial charge on any atom is 0.326 e. The van der Waals surface area contributed by atoms with E-state index in [1.54, 1.807) is 4.90 Å². The number of carboxylic acid groups (broad SMARTS) is 1. The smallest absolute Gasteiger partial charge is 0.326 e. The summed E-state index contributed by atoms with van der Waals surface area (Å²) in [6.45, 7) is 4.87. The van der Waals surface area contributed by atoms with E-state index in [4.69, 9.17) is 5.11 Å². The molecular formula is C13H22N2O4. The maximum atomic E-state index is 12.5. The van der Waals surface area contributed by atoms with Crippen molar-refractivity contribution in [1.82, 2.24) is 9.80 Å². The highest BCUT2D eigenvalue weighted by Gasteiger charge is 2.42. The first kappa shape index (κ1) is 14.1. The van der Waals surface area contributed by atoms with Crippen molar-refractivity contribution in [3.05, 3.63) is 0 Å². The van der Waals surface area contributed by atoms with Crippen LogP contribution in [0.2, 0.25) is 0 Å². The van der Waals surface area contributed by atoms with Crippen LogP contribution in [-0.4, -0.2) is 63.3 Å². The Kier molecular flexibility index (Phi) is 3.99. The molecule has 6 nitrogen and oxygen atoms in total. The van der Waals surface area contributed by atoms with Gasteiger partial charge in [-0.2, -0.15) is 0 Å². The molecule has 0 aromatic rings. The van der Waals surface area contributed by atoms with Crippen LogP contribution >= 0.6 is 0 Å². The summed E-state index contributed by atoms with van der Waals surface area (Å²) in [6.07, 6.45) is 1.43. The first-order valence-electron chi connectivity index (χ1n) is 6.88. The summed E-state index contributed by atoms with van der Waals surface area (Å²) in [5.74, 6) is -0.599. The van der Waals surface area contributed by atoms with Crippen molar-refractivity contribution in [2.45, 2.75) is 51.3 Å². The number of nitrogens with zero attached hydrogens (tertiary/aromatic N) is 2. The Morgan fingerprint density at radius 3 is 2.42 bits per heavy atom. The molecule has 108 valence electrons. The Morgan fingerprint density at radius 2 is 1.79 bits per heavy atom. The molecule has 19 heavy (non-hydrogen) atoms. The topological polar surface area (TPSA) is 81.1 Å². The second-order valence-electron chi connectivity index (χ2n) is 5.86. The molecule has 2 rings (SSSR count). The van der Waals surface area contributed by atoms with Crippen molar-refractivity contribution < 1.29 is 19.8 Å². The van der Waals surface area contributed by atoms with Crippen molar-refractivity contribution in [2.24, 2.45) is 5.92 Å². The number of piperidine rings is 1. The van der Waals surface area contributed by atoms with Gasteiger partial charge in [0.2, 0.25) is 0 Å². The molecule has 2 heterocycles. The van der Waals surface area contributed by atoms with Crippen LogP contribution in [0.5, 0.6) is 0 Å². The number of hydrogen-bond donors (Lipinski definition) is 2. The van der Waals surface area contributed by atoms with E-state index < -0.39 is 18.1 Å². The second kappa shape index (κ2) is 5.36. The van der Waals surface area contributed by atoms with Crippen LogP contribution in [0.3, 0.4) is 0 Å². The predicted molar refractivity (Wildman–Crippen MR) is 68.7 cm³/mol. The fourth-order valence-corrected chi connectivity index (χ4v) is 2.98. The molecule has 2 N–H and O–H groups in total. The highest BCUT2D eigenvalue weighted by atomic mass is 16.4. The first-order chi connectivity index (χ1) is 8.90. The molecule has 0 spiro atoms. The van der Waals surface area contributed by atoms with E-state index in [0.29, 0.717) is 12.5 Å². The van der Waals surface area contributed by atoms with E-state index in [2.05, 4.69) is 6.92 Å². The molecule has 3 unspecified atom stereocenters. The average Bonchev–Trinajstić information content (AvgIpc) is 2.74. The highest BCUT2D eigenvalue weighted by Crippen LogP contribution is 2.26. The van der Waals surface area contributed by atoms with Crippen LogP contribution in [0.4, 0.5) is 4.79 Å². The van der Waals surface area contributed by atoms with Gasteiger partial charge in [0.1, 0.15) is 6.04 Å². The molecule has 0 saturated carbocycles. The Hall–Kier alpha value is -1.30. The third kappa shape index (κ3) is 2.83. The number of hydrogen-bond acceptors (Lipinski definition) is 3. The van der Waals surface area contributed by atoms with E-state index in [0.717, 1.165) is 12.8 Å². The number of rotatable bonds is 1. The van der Waals surface area contributed by atoms with Crippen molar-refractivity contribution in [3.8, 4) is 0 Å². The normalized spacial score (nSPS) is 35.5. The number of aliphatic hydroxyl groups excluding tert-OH is 1. The van der Waals surface area contributed by atoms with Crippen LogP contribution in [0.15, 0.2) is 0 Å². The lowest BCUT2D eigenvalue weighted by molar-refractivity contribution is -0.141. The van der Waals surface area contributed by atoms with E-state index in [-0.39, 0.29) is 25.0 Å². The molecule has 2 aliphatic rings. The van der Waals surface area contributed by atoms with E-state index in [1.807, 2.05) is 6.92 Å². The number of amides is 2. The zero-order valence-corrected chi connectivity index (χ0v) is 11.5. The van der Waals surface area contributed by atoms with Crippen LogP contribution in [-0.2, 0) is 4.79 Å². The van der Waals surface area contributed by atoms with Gasteiger partial charge in [0, 0.05) is 25.6 Å². The lowest BCUT2D eigenvalue weighted by atomic mass is 9.95. The number of aliphatic hydroxyl groups is 1. The summed E-state index contributed by atoms with van der Waals surface area (Å²) in [5, 5.41) is 18.8. The van der Waals surface area contributed by atoms with Gasteiger partial charge >= 0.3 is 12.0 Å². The van der Waals surface area contributed by atoms with Crippen LogP contribution in [0.1, 0.15) is 33.1 Å². The van der Waals surface area contributed by atoms with E-state index in [1.165, 1.54) is 4.90 Å². The first-order valence-corrected chi connectivity index (χ1v) is 6.88. The fraction of sp³-hybridized carbons (Fsp3) is 0.846. The lowest BCUT2D eigenvalue weighted by Gasteiger charge is -2.39. The van der Waals surface area contributed by atoms with Crippen LogP contribution in [0, 0.1) is 5.92 Å².